The van der Waals surface area contributed by atoms with Gasteiger partial charge in [-0.2, -0.15) is 5.26 Å². The lowest BCUT2D eigenvalue weighted by molar-refractivity contribution is 0.104. The molecule has 0 amide bonds. The third kappa shape index (κ3) is 3.36. The minimum absolute atomic E-state index is 0.221. The molecule has 0 atom stereocenters. The molecule has 0 bridgehead atoms. The van der Waals surface area contributed by atoms with E-state index in [2.05, 4.69) is 0 Å². The van der Waals surface area contributed by atoms with Crippen LogP contribution in [0, 0.1) is 17.1 Å². The van der Waals surface area contributed by atoms with Crippen molar-refractivity contribution < 1.29 is 9.18 Å². The van der Waals surface area contributed by atoms with E-state index in [1.54, 1.807) is 36.4 Å². The number of hydrogen-bond acceptors (Lipinski definition) is 2. The zero-order valence-corrected chi connectivity index (χ0v) is 10.0. The lowest BCUT2D eigenvalue weighted by atomic mass is 10.1. The lowest BCUT2D eigenvalue weighted by Crippen LogP contribution is -1.94. The fourth-order valence-corrected chi connectivity index (χ4v) is 1.62. The molecule has 2 aromatic rings. The Kier molecular flexibility index (Phi) is 3.84. The maximum Gasteiger partial charge on any atom is 0.185 e. The molecule has 0 spiro atoms. The van der Waals surface area contributed by atoms with Crippen LogP contribution in [-0.2, 0) is 0 Å². The molecule has 0 N–H and O–H groups in total. The summed E-state index contributed by atoms with van der Waals surface area (Å²) in [5, 5.41) is 8.76. The molecule has 2 nitrogen and oxygen atoms in total. The summed E-state index contributed by atoms with van der Waals surface area (Å²) >= 11 is 0. The number of hydrogen-bond donors (Lipinski definition) is 0. The Bertz CT molecular complexity index is 683. The summed E-state index contributed by atoms with van der Waals surface area (Å²) in [7, 11) is 0. The monoisotopic (exact) mass is 251 g/mol. The number of halogens is 1. The third-order valence-electron chi connectivity index (χ3n) is 2.55. The van der Waals surface area contributed by atoms with E-state index in [0.29, 0.717) is 16.7 Å². The van der Waals surface area contributed by atoms with Gasteiger partial charge in [-0.1, -0.05) is 30.3 Å². The van der Waals surface area contributed by atoms with E-state index in [1.165, 1.54) is 24.3 Å². The predicted octanol–water partition coefficient (Wildman–Crippen LogP) is 3.59. The van der Waals surface area contributed by atoms with Crippen molar-refractivity contribution in [2.45, 2.75) is 0 Å². The molecule has 0 aliphatic heterocycles. The van der Waals surface area contributed by atoms with Crippen molar-refractivity contribution in [3.8, 4) is 6.07 Å². The van der Waals surface area contributed by atoms with Crippen LogP contribution in [0.25, 0.3) is 6.08 Å². The normalized spacial score (nSPS) is 10.3. The van der Waals surface area contributed by atoms with Gasteiger partial charge in [-0.25, -0.2) is 4.39 Å². The smallest absolute Gasteiger partial charge is 0.185 e. The van der Waals surface area contributed by atoms with Crippen LogP contribution in [0.2, 0.25) is 0 Å². The van der Waals surface area contributed by atoms with Gasteiger partial charge < -0.3 is 0 Å². The molecule has 0 saturated carbocycles. The van der Waals surface area contributed by atoms with E-state index in [-0.39, 0.29) is 11.6 Å². The van der Waals surface area contributed by atoms with Gasteiger partial charge >= 0.3 is 0 Å². The van der Waals surface area contributed by atoms with Crippen molar-refractivity contribution in [3.63, 3.8) is 0 Å². The molecule has 0 unspecified atom stereocenters. The molecule has 0 aromatic heterocycles. The molecule has 0 aliphatic carbocycles. The third-order valence-corrected chi connectivity index (χ3v) is 2.55. The molecule has 0 radical (unpaired) electrons. The molecule has 0 heterocycles. The average Bonchev–Trinajstić information content (AvgIpc) is 2.45. The van der Waals surface area contributed by atoms with Crippen molar-refractivity contribution in [2.75, 3.05) is 0 Å². The van der Waals surface area contributed by atoms with E-state index in [0.717, 1.165) is 0 Å². The van der Waals surface area contributed by atoms with Crippen LogP contribution in [0.1, 0.15) is 21.5 Å². The highest BCUT2D eigenvalue weighted by Crippen LogP contribution is 2.09. The quantitative estimate of drug-likeness (QED) is 0.617. The largest absolute Gasteiger partial charge is 0.289 e. The van der Waals surface area contributed by atoms with Crippen LogP contribution in [0.15, 0.2) is 54.6 Å². The SMILES string of the molecule is N#Cc1cccc(C(=O)/C=C/c2cccc(F)c2)c1. The van der Waals surface area contributed by atoms with Crippen LogP contribution in [0.4, 0.5) is 4.39 Å². The van der Waals surface area contributed by atoms with Crippen LogP contribution in [0.5, 0.6) is 0 Å². The van der Waals surface area contributed by atoms with E-state index >= 15 is 0 Å². The number of carbonyl (C=O) groups is 1. The molecular weight excluding hydrogens is 241 g/mol. The van der Waals surface area contributed by atoms with E-state index < -0.39 is 0 Å². The lowest BCUT2D eigenvalue weighted by Gasteiger charge is -1.96. The van der Waals surface area contributed by atoms with Crippen molar-refractivity contribution >= 4 is 11.9 Å². The summed E-state index contributed by atoms with van der Waals surface area (Å²) in [6, 6.07) is 14.4. The highest BCUT2D eigenvalue weighted by atomic mass is 19.1. The summed E-state index contributed by atoms with van der Waals surface area (Å²) in [5.41, 5.74) is 1.49. The van der Waals surface area contributed by atoms with E-state index in [1.807, 2.05) is 6.07 Å². The van der Waals surface area contributed by atoms with Gasteiger partial charge in [0.05, 0.1) is 11.6 Å². The first-order valence-electron chi connectivity index (χ1n) is 5.67. The second kappa shape index (κ2) is 5.74. The Morgan fingerprint density at radius 1 is 1.16 bits per heavy atom. The molecule has 2 aromatic carbocycles. The average molecular weight is 251 g/mol. The van der Waals surface area contributed by atoms with E-state index in [4.69, 9.17) is 5.26 Å². The van der Waals surface area contributed by atoms with Crippen molar-refractivity contribution in [2.24, 2.45) is 0 Å². The Morgan fingerprint density at radius 3 is 2.68 bits per heavy atom. The van der Waals surface area contributed by atoms with Gasteiger partial charge in [-0.05, 0) is 35.9 Å². The molecule has 92 valence electrons. The number of allylic oxidation sites excluding steroid dienone is 1. The Morgan fingerprint density at radius 2 is 1.95 bits per heavy atom. The maximum atomic E-state index is 13.0. The number of nitrogens with zero attached hydrogens (tertiary/aromatic N) is 1. The highest BCUT2D eigenvalue weighted by Gasteiger charge is 2.02. The Balaban J connectivity index is 2.19. The van der Waals surface area contributed by atoms with Crippen LogP contribution >= 0.6 is 0 Å². The number of carbonyl (C=O) groups excluding carboxylic acids is 1. The van der Waals surface area contributed by atoms with Gasteiger partial charge in [0.25, 0.3) is 0 Å². The summed E-state index contributed by atoms with van der Waals surface area (Å²) < 4.78 is 13.0. The zero-order chi connectivity index (χ0) is 13.7. The standard InChI is InChI=1S/C16H10FNO/c17-15-6-2-3-12(10-15)7-8-16(19)14-5-1-4-13(9-14)11-18/h1-10H/b8-7+. The van der Waals surface area contributed by atoms with Gasteiger partial charge in [0, 0.05) is 5.56 Å². The molecule has 0 saturated heterocycles. The number of nitriles is 1. The fourth-order valence-electron chi connectivity index (χ4n) is 1.62. The minimum atomic E-state index is -0.346. The van der Waals surface area contributed by atoms with Gasteiger partial charge in [-0.3, -0.25) is 4.79 Å². The highest BCUT2D eigenvalue weighted by molar-refractivity contribution is 6.06. The van der Waals surface area contributed by atoms with Gasteiger partial charge in [0.2, 0.25) is 0 Å². The molecule has 3 heteroatoms. The Hall–Kier alpha value is -2.73. The molecule has 0 aliphatic rings. The second-order valence-electron chi connectivity index (χ2n) is 3.95. The van der Waals surface area contributed by atoms with Crippen LogP contribution in [-0.4, -0.2) is 5.78 Å². The molecular formula is C16H10FNO. The predicted molar refractivity (Wildman–Crippen MR) is 70.9 cm³/mol. The summed E-state index contributed by atoms with van der Waals surface area (Å²) in [4.78, 5) is 11.9. The van der Waals surface area contributed by atoms with Crippen molar-refractivity contribution in [1.29, 1.82) is 5.26 Å². The van der Waals surface area contributed by atoms with E-state index in [9.17, 15) is 9.18 Å². The first-order valence-corrected chi connectivity index (χ1v) is 5.67. The topological polar surface area (TPSA) is 40.9 Å². The summed E-state index contributed by atoms with van der Waals surface area (Å²) in [6.45, 7) is 0. The van der Waals surface area contributed by atoms with Gasteiger partial charge in [0.15, 0.2) is 5.78 Å². The summed E-state index contributed by atoms with van der Waals surface area (Å²) in [6.07, 6.45) is 2.91. The van der Waals surface area contributed by atoms with Gasteiger partial charge in [-0.15, -0.1) is 0 Å². The number of rotatable bonds is 3. The first kappa shape index (κ1) is 12.7. The number of ketones is 1. The molecule has 19 heavy (non-hydrogen) atoms. The first-order chi connectivity index (χ1) is 9.19. The molecule has 2 rings (SSSR count). The zero-order valence-electron chi connectivity index (χ0n) is 10.0. The number of benzene rings is 2. The summed E-state index contributed by atoms with van der Waals surface area (Å²) in [5.74, 6) is -0.567. The van der Waals surface area contributed by atoms with Gasteiger partial charge in [0.1, 0.15) is 5.82 Å². The molecule has 0 fully saturated rings. The van der Waals surface area contributed by atoms with Crippen LogP contribution < -0.4 is 0 Å². The van der Waals surface area contributed by atoms with Crippen molar-refractivity contribution in [1.82, 2.24) is 0 Å². The Labute approximate surface area is 110 Å². The minimum Gasteiger partial charge on any atom is -0.289 e. The van der Waals surface area contributed by atoms with Crippen molar-refractivity contribution in [3.05, 3.63) is 77.1 Å². The van der Waals surface area contributed by atoms with Crippen LogP contribution in [0.3, 0.4) is 0 Å². The second-order valence-corrected chi connectivity index (χ2v) is 3.95. The maximum absolute atomic E-state index is 13.0. The fraction of sp³-hybridized carbons (Fsp3) is 0.